The molecule has 0 unspecified atom stereocenters. The molecule has 178 valence electrons. The molecule has 1 aliphatic heterocycles. The molecule has 0 bridgehead atoms. The van der Waals surface area contributed by atoms with E-state index in [1.165, 1.54) is 0 Å². The van der Waals surface area contributed by atoms with Gasteiger partial charge in [0.2, 0.25) is 0 Å². The van der Waals surface area contributed by atoms with Crippen LogP contribution in [0.5, 0.6) is 5.75 Å². The summed E-state index contributed by atoms with van der Waals surface area (Å²) in [7, 11) is 1.68. The van der Waals surface area contributed by atoms with E-state index in [-0.39, 0.29) is 11.8 Å². The van der Waals surface area contributed by atoms with E-state index in [2.05, 4.69) is 21.7 Å². The summed E-state index contributed by atoms with van der Waals surface area (Å²) in [5.74, 6) is 2.06. The van der Waals surface area contributed by atoms with Gasteiger partial charge >= 0.3 is 0 Å². The number of piperidine rings is 1. The third-order valence-corrected chi connectivity index (χ3v) is 6.73. The Bertz CT molecular complexity index is 1330. The molecule has 0 spiro atoms. The number of benzene rings is 2. The lowest BCUT2D eigenvalue weighted by Crippen LogP contribution is -2.39. The zero-order chi connectivity index (χ0) is 24.2. The van der Waals surface area contributed by atoms with Crippen molar-refractivity contribution < 1.29 is 9.53 Å². The van der Waals surface area contributed by atoms with Gasteiger partial charge in [-0.1, -0.05) is 30.3 Å². The molecule has 1 amide bonds. The van der Waals surface area contributed by atoms with Crippen LogP contribution in [0.4, 0.5) is 0 Å². The predicted molar refractivity (Wildman–Crippen MR) is 137 cm³/mol. The van der Waals surface area contributed by atoms with Gasteiger partial charge in [0.15, 0.2) is 0 Å². The number of hydrogen-bond donors (Lipinski definition) is 0. The number of pyridine rings is 1. The van der Waals surface area contributed by atoms with Crippen LogP contribution in [0.25, 0.3) is 11.3 Å². The van der Waals surface area contributed by atoms with E-state index in [1.807, 2.05) is 72.6 Å². The Kier molecular flexibility index (Phi) is 6.62. The standard InChI is InChI=1S/C29H30N4O2/c1-21-30-15-17-32(21)19-22-8-5-9-23(18-22)29(34)33-16-7-10-24(20-33)26-12-6-13-27(31-26)25-11-3-4-14-28(25)35-2/h3-6,8-9,11-15,17-18,24H,7,10,16,19-20H2,1-2H3/t24-/m1/s1. The number of ether oxygens (including phenoxy) is 1. The number of hydrogen-bond acceptors (Lipinski definition) is 4. The second kappa shape index (κ2) is 10.1. The first-order valence-corrected chi connectivity index (χ1v) is 12.1. The summed E-state index contributed by atoms with van der Waals surface area (Å²) in [6.45, 7) is 4.13. The first-order chi connectivity index (χ1) is 17.1. The van der Waals surface area contributed by atoms with Gasteiger partial charge in [-0.25, -0.2) is 4.98 Å². The molecule has 6 nitrogen and oxygen atoms in total. The summed E-state index contributed by atoms with van der Waals surface area (Å²) < 4.78 is 7.62. The van der Waals surface area contributed by atoms with E-state index in [9.17, 15) is 4.79 Å². The number of rotatable bonds is 6. The number of methoxy groups -OCH3 is 1. The molecule has 0 N–H and O–H groups in total. The van der Waals surface area contributed by atoms with Crippen LogP contribution in [0.2, 0.25) is 0 Å². The summed E-state index contributed by atoms with van der Waals surface area (Å²) in [6, 6.07) is 22.0. The molecule has 0 aliphatic carbocycles. The SMILES string of the molecule is COc1ccccc1-c1cccc([C@@H]2CCCN(C(=O)c3cccc(Cn4ccnc4C)c3)C2)n1. The Hall–Kier alpha value is -3.93. The molecule has 35 heavy (non-hydrogen) atoms. The van der Waals surface area contributed by atoms with Crippen molar-refractivity contribution in [1.82, 2.24) is 19.4 Å². The second-order valence-electron chi connectivity index (χ2n) is 9.04. The molecule has 4 aromatic rings. The molecule has 1 saturated heterocycles. The highest BCUT2D eigenvalue weighted by Crippen LogP contribution is 2.31. The maximum atomic E-state index is 13.4. The fourth-order valence-corrected chi connectivity index (χ4v) is 4.84. The molecular formula is C29H30N4O2. The van der Waals surface area contributed by atoms with Crippen LogP contribution in [-0.4, -0.2) is 45.5 Å². The molecule has 0 radical (unpaired) electrons. The van der Waals surface area contributed by atoms with Crippen LogP contribution >= 0.6 is 0 Å². The first-order valence-electron chi connectivity index (χ1n) is 12.1. The van der Waals surface area contributed by atoms with E-state index in [0.717, 1.165) is 59.0 Å². The fourth-order valence-electron chi connectivity index (χ4n) is 4.84. The minimum Gasteiger partial charge on any atom is -0.496 e. The number of carbonyl (C=O) groups excluding carboxylic acids is 1. The highest BCUT2D eigenvalue weighted by molar-refractivity contribution is 5.94. The molecule has 1 atom stereocenters. The van der Waals surface area contributed by atoms with Crippen LogP contribution < -0.4 is 4.74 Å². The van der Waals surface area contributed by atoms with Crippen LogP contribution in [0, 0.1) is 6.92 Å². The van der Waals surface area contributed by atoms with Crippen molar-refractivity contribution in [1.29, 1.82) is 0 Å². The predicted octanol–water partition coefficient (Wildman–Crippen LogP) is 5.33. The van der Waals surface area contributed by atoms with Crippen LogP contribution in [0.1, 0.15) is 46.2 Å². The smallest absolute Gasteiger partial charge is 0.253 e. The van der Waals surface area contributed by atoms with Gasteiger partial charge in [0, 0.05) is 54.8 Å². The zero-order valence-electron chi connectivity index (χ0n) is 20.2. The highest BCUT2D eigenvalue weighted by atomic mass is 16.5. The molecular weight excluding hydrogens is 436 g/mol. The number of para-hydroxylation sites is 1. The summed E-state index contributed by atoms with van der Waals surface area (Å²) in [6.07, 6.45) is 5.75. The minimum absolute atomic E-state index is 0.0831. The molecule has 5 rings (SSSR count). The van der Waals surface area contributed by atoms with Gasteiger partial charge < -0.3 is 14.2 Å². The van der Waals surface area contributed by atoms with Crippen molar-refractivity contribution >= 4 is 5.91 Å². The topological polar surface area (TPSA) is 60.2 Å². The Morgan fingerprint density at radius 2 is 1.94 bits per heavy atom. The summed E-state index contributed by atoms with van der Waals surface area (Å²) in [5, 5.41) is 0. The number of aromatic nitrogens is 3. The minimum atomic E-state index is 0.0831. The maximum Gasteiger partial charge on any atom is 0.253 e. The number of carbonyl (C=O) groups is 1. The largest absolute Gasteiger partial charge is 0.496 e. The maximum absolute atomic E-state index is 13.4. The average molecular weight is 467 g/mol. The fraction of sp³-hybridized carbons (Fsp3) is 0.276. The van der Waals surface area contributed by atoms with Gasteiger partial charge in [0.05, 0.1) is 12.8 Å². The monoisotopic (exact) mass is 466 g/mol. The molecule has 3 heterocycles. The van der Waals surface area contributed by atoms with Gasteiger partial charge in [0.25, 0.3) is 5.91 Å². The zero-order valence-corrected chi connectivity index (χ0v) is 20.2. The molecule has 6 heteroatoms. The average Bonchev–Trinajstić information content (AvgIpc) is 3.32. The van der Waals surface area contributed by atoms with Crippen molar-refractivity contribution in [3.63, 3.8) is 0 Å². The van der Waals surface area contributed by atoms with E-state index in [0.29, 0.717) is 13.1 Å². The normalized spacial score (nSPS) is 15.7. The molecule has 1 fully saturated rings. The summed E-state index contributed by atoms with van der Waals surface area (Å²) in [5.41, 5.74) is 4.72. The molecule has 1 aliphatic rings. The van der Waals surface area contributed by atoms with Gasteiger partial charge in [0.1, 0.15) is 11.6 Å². The van der Waals surface area contributed by atoms with E-state index >= 15 is 0 Å². The van der Waals surface area contributed by atoms with Crippen molar-refractivity contribution in [2.75, 3.05) is 20.2 Å². The number of likely N-dealkylation sites (tertiary alicyclic amines) is 1. The molecule has 2 aromatic heterocycles. The lowest BCUT2D eigenvalue weighted by Gasteiger charge is -2.33. The van der Waals surface area contributed by atoms with Crippen LogP contribution in [0.3, 0.4) is 0 Å². The van der Waals surface area contributed by atoms with Gasteiger partial charge in [-0.2, -0.15) is 0 Å². The Labute approximate surface area is 206 Å². The van der Waals surface area contributed by atoms with Crippen molar-refractivity contribution in [3.05, 3.63) is 102 Å². The lowest BCUT2D eigenvalue weighted by molar-refractivity contribution is 0.0706. The van der Waals surface area contributed by atoms with Gasteiger partial charge in [-0.05, 0) is 61.7 Å². The summed E-state index contributed by atoms with van der Waals surface area (Å²) >= 11 is 0. The van der Waals surface area contributed by atoms with Crippen molar-refractivity contribution in [2.45, 2.75) is 32.2 Å². The quantitative estimate of drug-likeness (QED) is 0.385. The van der Waals surface area contributed by atoms with Gasteiger partial charge in [-0.3, -0.25) is 9.78 Å². The second-order valence-corrected chi connectivity index (χ2v) is 9.04. The third kappa shape index (κ3) is 4.97. The number of nitrogens with zero attached hydrogens (tertiary/aromatic N) is 4. The van der Waals surface area contributed by atoms with Crippen LogP contribution in [0.15, 0.2) is 79.1 Å². The van der Waals surface area contributed by atoms with Crippen LogP contribution in [-0.2, 0) is 6.54 Å². The molecule has 2 aromatic carbocycles. The van der Waals surface area contributed by atoms with Gasteiger partial charge in [-0.15, -0.1) is 0 Å². The van der Waals surface area contributed by atoms with Crippen molar-refractivity contribution in [2.24, 2.45) is 0 Å². The Morgan fingerprint density at radius 1 is 1.09 bits per heavy atom. The van der Waals surface area contributed by atoms with Crippen molar-refractivity contribution in [3.8, 4) is 17.0 Å². The third-order valence-electron chi connectivity index (χ3n) is 6.73. The number of amides is 1. The first kappa shape index (κ1) is 22.8. The van der Waals surface area contributed by atoms with E-state index < -0.39 is 0 Å². The van der Waals surface area contributed by atoms with E-state index in [1.54, 1.807) is 13.3 Å². The Balaban J connectivity index is 1.33. The van der Waals surface area contributed by atoms with E-state index in [4.69, 9.17) is 9.72 Å². The molecule has 0 saturated carbocycles. The number of imidazole rings is 1. The lowest BCUT2D eigenvalue weighted by atomic mass is 9.93. The number of aryl methyl sites for hydroxylation is 1. The Morgan fingerprint density at radius 3 is 2.77 bits per heavy atom. The highest BCUT2D eigenvalue weighted by Gasteiger charge is 2.27. The summed E-state index contributed by atoms with van der Waals surface area (Å²) in [4.78, 5) is 24.7.